The minimum Gasteiger partial charge on any atom is -0.444 e. The number of hydrogen-bond acceptors (Lipinski definition) is 7. The molecule has 156 valence electrons. The van der Waals surface area contributed by atoms with Crippen molar-refractivity contribution in [1.82, 2.24) is 15.5 Å². The smallest absolute Gasteiger partial charge is 0.407 e. The van der Waals surface area contributed by atoms with Crippen LogP contribution in [-0.4, -0.2) is 49.2 Å². The molecule has 2 aromatic rings. The molecule has 0 bridgehead atoms. The quantitative estimate of drug-likeness (QED) is 0.679. The Morgan fingerprint density at radius 2 is 2.17 bits per heavy atom. The predicted molar refractivity (Wildman–Crippen MR) is 106 cm³/mol. The van der Waals surface area contributed by atoms with Gasteiger partial charge in [0.15, 0.2) is 15.7 Å². The summed E-state index contributed by atoms with van der Waals surface area (Å²) in [4.78, 5) is 12.1. The van der Waals surface area contributed by atoms with Crippen molar-refractivity contribution >= 4 is 27.4 Å². The van der Waals surface area contributed by atoms with E-state index in [1.807, 2.05) is 26.0 Å². The summed E-state index contributed by atoms with van der Waals surface area (Å²) in [6.07, 6.45) is 0.0851. The van der Waals surface area contributed by atoms with Crippen LogP contribution in [0.25, 0.3) is 0 Å². The van der Waals surface area contributed by atoms with Gasteiger partial charge < -0.3 is 20.1 Å². The number of aryl methyl sites for hydroxylation is 1. The van der Waals surface area contributed by atoms with Gasteiger partial charge in [-0.15, -0.1) is 0 Å². The van der Waals surface area contributed by atoms with Crippen LogP contribution in [0, 0.1) is 0 Å². The number of nitrogens with one attached hydrogen (secondary N) is 3. The Bertz CT molecular complexity index is 1020. The van der Waals surface area contributed by atoms with Crippen LogP contribution in [0.4, 0.5) is 16.3 Å². The van der Waals surface area contributed by atoms with Crippen LogP contribution >= 0.6 is 0 Å². The van der Waals surface area contributed by atoms with E-state index in [0.717, 1.165) is 16.9 Å². The number of benzene rings is 1. The average Bonchev–Trinajstić information content (AvgIpc) is 3.34. The zero-order valence-corrected chi connectivity index (χ0v) is 17.1. The second kappa shape index (κ2) is 7.68. The first-order valence-corrected chi connectivity index (χ1v) is 11.2. The zero-order chi connectivity index (χ0) is 20.6. The predicted octanol–water partition coefficient (Wildman–Crippen LogP) is 2.45. The van der Waals surface area contributed by atoms with Gasteiger partial charge in [-0.1, -0.05) is 0 Å². The summed E-state index contributed by atoms with van der Waals surface area (Å²) in [5, 5.41) is 13.1. The summed E-state index contributed by atoms with van der Waals surface area (Å²) in [6.45, 7) is 4.07. The molecule has 3 N–H and O–H groups in total. The molecule has 1 saturated heterocycles. The Hall–Kier alpha value is -2.59. The molecule has 0 saturated carbocycles. The molecule has 1 aromatic carbocycles. The van der Waals surface area contributed by atoms with Gasteiger partial charge in [0.1, 0.15) is 12.2 Å². The maximum atomic E-state index is 11.9. The Balaban J connectivity index is 1.37. The molecule has 1 amide bonds. The van der Waals surface area contributed by atoms with Gasteiger partial charge in [-0.3, -0.25) is 5.10 Å². The molecule has 2 aliphatic heterocycles. The Morgan fingerprint density at radius 1 is 1.34 bits per heavy atom. The number of aromatic nitrogens is 2. The van der Waals surface area contributed by atoms with Crippen molar-refractivity contribution in [2.24, 2.45) is 0 Å². The van der Waals surface area contributed by atoms with Gasteiger partial charge in [-0.05, 0) is 44.0 Å². The number of carbonyl (C=O) groups is 1. The van der Waals surface area contributed by atoms with Crippen molar-refractivity contribution in [3.8, 4) is 0 Å². The average molecular weight is 420 g/mol. The lowest BCUT2D eigenvalue weighted by Gasteiger charge is -2.13. The topological polar surface area (TPSA) is 122 Å². The zero-order valence-electron chi connectivity index (χ0n) is 16.3. The van der Waals surface area contributed by atoms with Crippen molar-refractivity contribution in [1.29, 1.82) is 0 Å². The molecule has 3 heterocycles. The molecule has 0 unspecified atom stereocenters. The minimum absolute atomic E-state index is 0.0150. The van der Waals surface area contributed by atoms with Crippen LogP contribution < -0.4 is 10.6 Å². The van der Waals surface area contributed by atoms with Crippen LogP contribution in [0.5, 0.6) is 0 Å². The van der Waals surface area contributed by atoms with Crippen LogP contribution in [-0.2, 0) is 25.7 Å². The van der Waals surface area contributed by atoms with Gasteiger partial charge in [-0.25, -0.2) is 13.2 Å². The van der Waals surface area contributed by atoms with Crippen molar-refractivity contribution in [3.05, 3.63) is 35.5 Å². The number of hydrogen-bond donors (Lipinski definition) is 3. The number of rotatable bonds is 5. The summed E-state index contributed by atoms with van der Waals surface area (Å²) >= 11 is 0. The number of aromatic amines is 1. The van der Waals surface area contributed by atoms with E-state index >= 15 is 0 Å². The van der Waals surface area contributed by atoms with E-state index in [4.69, 9.17) is 9.47 Å². The summed E-state index contributed by atoms with van der Waals surface area (Å²) in [6, 6.07) is 7.07. The lowest BCUT2D eigenvalue weighted by Crippen LogP contribution is -2.33. The van der Waals surface area contributed by atoms with Gasteiger partial charge in [0.25, 0.3) is 0 Å². The van der Waals surface area contributed by atoms with E-state index in [0.29, 0.717) is 30.2 Å². The van der Waals surface area contributed by atoms with Gasteiger partial charge in [0.05, 0.1) is 22.9 Å². The van der Waals surface area contributed by atoms with E-state index in [1.165, 1.54) is 0 Å². The summed E-state index contributed by atoms with van der Waals surface area (Å²) in [5.41, 5.74) is 2.38. The highest BCUT2D eigenvalue weighted by atomic mass is 32.2. The number of nitrogens with zero attached hydrogens (tertiary/aromatic N) is 1. The normalized spacial score (nSPS) is 22.4. The molecule has 2 aliphatic rings. The van der Waals surface area contributed by atoms with Gasteiger partial charge in [-0.2, -0.15) is 5.10 Å². The van der Waals surface area contributed by atoms with Crippen LogP contribution in [0.3, 0.4) is 0 Å². The van der Waals surface area contributed by atoms with Crippen molar-refractivity contribution < 1.29 is 22.7 Å². The van der Waals surface area contributed by atoms with Gasteiger partial charge in [0, 0.05) is 24.2 Å². The standard InChI is InChI=1S/C19H24N4O5S/c1-11(2)20-19(24)28-14-8-16(27-10-14)15-9-18(23-22-15)21-13-3-4-17-12(7-13)5-6-29(17,25)26/h3-4,7,9,11,14,16H,5-6,8,10H2,1-2H3,(H,20,24)(H2,21,22,23)/t14-,16+/m1/s1. The lowest BCUT2D eigenvalue weighted by molar-refractivity contribution is 0.0682. The van der Waals surface area contributed by atoms with Crippen molar-refractivity contribution in [2.75, 3.05) is 17.7 Å². The first kappa shape index (κ1) is 19.7. The lowest BCUT2D eigenvalue weighted by atomic mass is 10.1. The molecule has 0 radical (unpaired) electrons. The molecule has 0 spiro atoms. The fourth-order valence-electron chi connectivity index (χ4n) is 3.54. The summed E-state index contributed by atoms with van der Waals surface area (Å²) in [5.74, 6) is 0.766. The number of fused-ring (bicyclic) bond motifs is 1. The Labute approximate surface area is 169 Å². The molecular weight excluding hydrogens is 396 g/mol. The van der Waals surface area contributed by atoms with E-state index in [2.05, 4.69) is 20.8 Å². The first-order valence-electron chi connectivity index (χ1n) is 9.57. The van der Waals surface area contributed by atoms with E-state index in [1.54, 1.807) is 12.1 Å². The van der Waals surface area contributed by atoms with Crippen LogP contribution in [0.1, 0.15) is 37.6 Å². The molecule has 4 rings (SSSR count). The molecule has 1 fully saturated rings. The number of anilines is 2. The molecule has 1 aromatic heterocycles. The highest BCUT2D eigenvalue weighted by molar-refractivity contribution is 7.91. The first-order chi connectivity index (χ1) is 13.8. The number of amides is 1. The van der Waals surface area contributed by atoms with Crippen molar-refractivity contribution in [2.45, 2.75) is 49.8 Å². The number of carbonyl (C=O) groups excluding carboxylic acids is 1. The Kier molecular flexibility index (Phi) is 5.22. The highest BCUT2D eigenvalue weighted by Crippen LogP contribution is 2.32. The van der Waals surface area contributed by atoms with E-state index in [9.17, 15) is 13.2 Å². The fraction of sp³-hybridized carbons (Fsp3) is 0.474. The van der Waals surface area contributed by atoms with Gasteiger partial charge in [0.2, 0.25) is 0 Å². The second-order valence-electron chi connectivity index (χ2n) is 7.61. The number of ether oxygens (including phenoxy) is 2. The third-order valence-corrected chi connectivity index (χ3v) is 6.70. The molecule has 29 heavy (non-hydrogen) atoms. The third kappa shape index (κ3) is 4.38. The molecule has 10 heteroatoms. The third-order valence-electron chi connectivity index (χ3n) is 4.89. The van der Waals surface area contributed by atoms with Crippen molar-refractivity contribution in [3.63, 3.8) is 0 Å². The molecule has 9 nitrogen and oxygen atoms in total. The fourth-order valence-corrected chi connectivity index (χ4v) is 5.09. The van der Waals surface area contributed by atoms with Crippen LogP contribution in [0.2, 0.25) is 0 Å². The largest absolute Gasteiger partial charge is 0.444 e. The van der Waals surface area contributed by atoms with E-state index in [-0.39, 0.29) is 24.0 Å². The second-order valence-corrected chi connectivity index (χ2v) is 9.69. The van der Waals surface area contributed by atoms with E-state index < -0.39 is 15.9 Å². The summed E-state index contributed by atoms with van der Waals surface area (Å²) < 4.78 is 35.0. The SMILES string of the molecule is CC(C)NC(=O)O[C@H]1CO[C@H](c2cc(Nc3ccc4c(c3)CCS4(=O)=O)n[nH]2)C1. The Morgan fingerprint density at radius 3 is 2.97 bits per heavy atom. The molecular formula is C19H24N4O5S. The van der Waals surface area contributed by atoms with Gasteiger partial charge >= 0.3 is 6.09 Å². The monoisotopic (exact) mass is 420 g/mol. The maximum Gasteiger partial charge on any atom is 0.407 e. The molecule has 0 aliphatic carbocycles. The molecule has 2 atom stereocenters. The number of H-pyrrole nitrogens is 1. The summed E-state index contributed by atoms with van der Waals surface area (Å²) in [7, 11) is -3.13. The number of sulfone groups is 1. The van der Waals surface area contributed by atoms with Crippen LogP contribution in [0.15, 0.2) is 29.2 Å². The minimum atomic E-state index is -3.13. The number of alkyl carbamates (subject to hydrolysis) is 1. The highest BCUT2D eigenvalue weighted by Gasteiger charge is 2.31. The maximum absolute atomic E-state index is 11.9.